The van der Waals surface area contributed by atoms with Crippen molar-refractivity contribution in [2.45, 2.75) is 38.3 Å². The first-order valence-corrected chi connectivity index (χ1v) is 13.8. The van der Waals surface area contributed by atoms with Gasteiger partial charge in [0.25, 0.3) is 5.91 Å². The van der Waals surface area contributed by atoms with Gasteiger partial charge in [-0.1, -0.05) is 24.8 Å². The number of carbonyl (C=O) groups excluding carboxylic acids is 3. The molecule has 2 aromatic carbocycles. The number of hydrogen-bond acceptors (Lipinski definition) is 6. The third-order valence-electron chi connectivity index (χ3n) is 7.19. The minimum Gasteiger partial charge on any atom is -0.457 e. The number of nitrogens with one attached hydrogen (secondary N) is 3. The Kier molecular flexibility index (Phi) is 9.50. The fourth-order valence-corrected chi connectivity index (χ4v) is 6.35. The summed E-state index contributed by atoms with van der Waals surface area (Å²) in [5, 5.41) is 9.62. The molecule has 0 radical (unpaired) electrons. The standard InChI is InChI=1S/C30H27N5O4S.2H2S/c1-3-24(36)32-20-10-7-11-21(20)33-28(37)27-26-25-23(14-15-31-29(25)40-27)35(30(38)34-26)22-13-12-19(16-17(22)2)39-18-8-5-4-6-9-18;;/h3-6,8-9,12-16,20-21H,1,7,10-11H2,2H3,(H,32,36)(H,33,37)(H,34,38);2*1H2/t20-,21-;;/m0../s1. The quantitative estimate of drug-likeness (QED) is 0.211. The van der Waals surface area contributed by atoms with E-state index in [1.807, 2.05) is 55.5 Å². The van der Waals surface area contributed by atoms with Crippen LogP contribution in [0.25, 0.3) is 10.2 Å². The molecule has 0 unspecified atom stereocenters. The number of pyridine rings is 1. The number of aromatic nitrogens is 1. The number of ether oxygens (including phenoxy) is 1. The third-order valence-corrected chi connectivity index (χ3v) is 8.28. The molecule has 2 aromatic heterocycles. The number of rotatable bonds is 7. The van der Waals surface area contributed by atoms with Gasteiger partial charge in [-0.05, 0) is 74.2 Å². The Morgan fingerprint density at radius 3 is 2.50 bits per heavy atom. The number of para-hydroxylation sites is 1. The lowest BCUT2D eigenvalue weighted by molar-refractivity contribution is -0.117. The summed E-state index contributed by atoms with van der Waals surface area (Å²) in [6, 6.07) is 16.1. The number of nitrogens with zero attached hydrogens (tertiary/aromatic N) is 2. The number of carbonyl (C=O) groups is 3. The van der Waals surface area contributed by atoms with E-state index >= 15 is 0 Å². The lowest BCUT2D eigenvalue weighted by Crippen LogP contribution is -2.48. The van der Waals surface area contributed by atoms with Gasteiger partial charge >= 0.3 is 6.03 Å². The molecule has 42 heavy (non-hydrogen) atoms. The molecule has 1 saturated carbocycles. The van der Waals surface area contributed by atoms with Gasteiger partial charge < -0.3 is 20.7 Å². The van der Waals surface area contributed by atoms with Crippen molar-refractivity contribution < 1.29 is 19.1 Å². The molecule has 4 aromatic rings. The summed E-state index contributed by atoms with van der Waals surface area (Å²) in [7, 11) is 0. The van der Waals surface area contributed by atoms with Crippen LogP contribution in [0.5, 0.6) is 11.5 Å². The number of hydrogen-bond donors (Lipinski definition) is 3. The molecule has 4 amide bonds. The van der Waals surface area contributed by atoms with Gasteiger partial charge in [-0.2, -0.15) is 27.0 Å². The maximum absolute atomic E-state index is 13.5. The van der Waals surface area contributed by atoms with Crippen molar-refractivity contribution in [3.63, 3.8) is 0 Å². The molecule has 6 rings (SSSR count). The molecule has 0 bridgehead atoms. The number of amides is 4. The smallest absolute Gasteiger partial charge is 0.331 e. The highest BCUT2D eigenvalue weighted by Crippen LogP contribution is 2.46. The predicted octanol–water partition coefficient (Wildman–Crippen LogP) is 6.26. The van der Waals surface area contributed by atoms with E-state index in [0.29, 0.717) is 37.9 Å². The molecular weight excluding hydrogens is 591 g/mol. The van der Waals surface area contributed by atoms with Gasteiger partial charge in [0.2, 0.25) is 5.91 Å². The van der Waals surface area contributed by atoms with Crippen LogP contribution >= 0.6 is 38.3 Å². The first-order chi connectivity index (χ1) is 19.4. The fraction of sp³-hybridized carbons (Fsp3) is 0.200. The van der Waals surface area contributed by atoms with E-state index in [1.54, 1.807) is 17.2 Å². The molecule has 2 aliphatic rings. The van der Waals surface area contributed by atoms with Crippen molar-refractivity contribution in [1.29, 1.82) is 0 Å². The normalized spacial score (nSPS) is 17.0. The Bertz CT molecular complexity index is 1660. The summed E-state index contributed by atoms with van der Waals surface area (Å²) in [5.74, 6) is 0.816. The average molecular weight is 622 g/mol. The summed E-state index contributed by atoms with van der Waals surface area (Å²) >= 11 is 1.23. The summed E-state index contributed by atoms with van der Waals surface area (Å²) in [4.78, 5) is 45.9. The summed E-state index contributed by atoms with van der Waals surface area (Å²) in [5.41, 5.74) is 2.64. The van der Waals surface area contributed by atoms with Crippen LogP contribution in [0.2, 0.25) is 0 Å². The molecule has 218 valence electrons. The van der Waals surface area contributed by atoms with E-state index in [1.165, 1.54) is 17.4 Å². The number of benzene rings is 2. The zero-order valence-electron chi connectivity index (χ0n) is 22.8. The zero-order valence-corrected chi connectivity index (χ0v) is 25.6. The molecule has 3 N–H and O–H groups in total. The molecule has 12 heteroatoms. The molecular formula is C30H31N5O4S3. The minimum atomic E-state index is -0.371. The molecule has 1 fully saturated rings. The van der Waals surface area contributed by atoms with Gasteiger partial charge in [0, 0.05) is 18.3 Å². The van der Waals surface area contributed by atoms with Gasteiger partial charge in [-0.3, -0.25) is 14.5 Å². The molecule has 0 saturated heterocycles. The Labute approximate surface area is 261 Å². The van der Waals surface area contributed by atoms with Crippen LogP contribution < -0.4 is 25.6 Å². The second-order valence-electron chi connectivity index (χ2n) is 9.78. The third kappa shape index (κ3) is 5.83. The number of urea groups is 1. The summed E-state index contributed by atoms with van der Waals surface area (Å²) in [6.45, 7) is 5.43. The van der Waals surface area contributed by atoms with Crippen LogP contribution in [-0.2, 0) is 4.79 Å². The molecule has 3 heterocycles. The zero-order chi connectivity index (χ0) is 27.8. The van der Waals surface area contributed by atoms with E-state index < -0.39 is 0 Å². The summed E-state index contributed by atoms with van der Waals surface area (Å²) in [6.07, 6.45) is 5.29. The number of anilines is 3. The topological polar surface area (TPSA) is 113 Å². The first-order valence-electron chi connectivity index (χ1n) is 13.0. The van der Waals surface area contributed by atoms with Crippen LogP contribution in [0.15, 0.2) is 73.4 Å². The Morgan fingerprint density at radius 2 is 1.79 bits per heavy atom. The Balaban J connectivity index is 0.00000202. The maximum atomic E-state index is 13.5. The summed E-state index contributed by atoms with van der Waals surface area (Å²) < 4.78 is 5.96. The van der Waals surface area contributed by atoms with Crippen LogP contribution in [0.4, 0.5) is 21.9 Å². The number of thiophene rings is 1. The molecule has 9 nitrogen and oxygen atoms in total. The maximum Gasteiger partial charge on any atom is 0.331 e. The van der Waals surface area contributed by atoms with Crippen molar-refractivity contribution in [3.8, 4) is 11.5 Å². The largest absolute Gasteiger partial charge is 0.457 e. The number of aryl methyl sites for hydroxylation is 1. The average Bonchev–Trinajstić information content (AvgIpc) is 3.55. The van der Waals surface area contributed by atoms with Gasteiger partial charge in [0.1, 0.15) is 21.2 Å². The van der Waals surface area contributed by atoms with Crippen molar-refractivity contribution >= 4 is 83.5 Å². The second-order valence-corrected chi connectivity index (χ2v) is 10.8. The molecule has 1 aliphatic heterocycles. The van der Waals surface area contributed by atoms with E-state index in [-0.39, 0.29) is 56.9 Å². The van der Waals surface area contributed by atoms with Crippen LogP contribution in [0.1, 0.15) is 34.5 Å². The monoisotopic (exact) mass is 621 g/mol. The highest BCUT2D eigenvalue weighted by atomic mass is 32.1. The molecule has 2 atom stereocenters. The first kappa shape index (κ1) is 30.9. The SMILES string of the molecule is C=CC(=O)N[C@H]1CCC[C@@H]1NC(=O)c1sc2nccc3c2c1NC(=O)N3c1ccc(Oc2ccccc2)cc1C.S.S. The highest BCUT2D eigenvalue weighted by molar-refractivity contribution is 7.59. The van der Waals surface area contributed by atoms with E-state index in [4.69, 9.17) is 4.74 Å². The lowest BCUT2D eigenvalue weighted by atomic mass is 10.1. The van der Waals surface area contributed by atoms with E-state index in [9.17, 15) is 14.4 Å². The van der Waals surface area contributed by atoms with Crippen molar-refractivity contribution in [3.05, 3.63) is 83.9 Å². The molecule has 0 spiro atoms. The van der Waals surface area contributed by atoms with Gasteiger partial charge in [0.15, 0.2) is 0 Å². The fourth-order valence-electron chi connectivity index (χ4n) is 5.33. The van der Waals surface area contributed by atoms with Gasteiger partial charge in [-0.25, -0.2) is 9.78 Å². The highest BCUT2D eigenvalue weighted by Gasteiger charge is 2.35. The van der Waals surface area contributed by atoms with Gasteiger partial charge in [-0.15, -0.1) is 11.3 Å². The minimum absolute atomic E-state index is 0. The Morgan fingerprint density at radius 1 is 1.05 bits per heavy atom. The van der Waals surface area contributed by atoms with Crippen LogP contribution in [0, 0.1) is 6.92 Å². The van der Waals surface area contributed by atoms with Crippen molar-refractivity contribution in [1.82, 2.24) is 15.6 Å². The lowest BCUT2D eigenvalue weighted by Gasteiger charge is -2.29. The van der Waals surface area contributed by atoms with Crippen molar-refractivity contribution in [2.75, 3.05) is 10.2 Å². The van der Waals surface area contributed by atoms with Crippen molar-refractivity contribution in [2.24, 2.45) is 0 Å². The second kappa shape index (κ2) is 12.9. The van der Waals surface area contributed by atoms with Crippen LogP contribution in [-0.4, -0.2) is 34.9 Å². The van der Waals surface area contributed by atoms with Crippen LogP contribution in [0.3, 0.4) is 0 Å². The molecule has 1 aliphatic carbocycles. The van der Waals surface area contributed by atoms with Gasteiger partial charge in [0.05, 0.1) is 22.4 Å². The van der Waals surface area contributed by atoms with E-state index in [0.717, 1.165) is 30.6 Å². The Hall–Kier alpha value is -4.00. The predicted molar refractivity (Wildman–Crippen MR) is 176 cm³/mol. The van der Waals surface area contributed by atoms with E-state index in [2.05, 4.69) is 27.5 Å².